The molecule has 114 valence electrons. The van der Waals surface area contributed by atoms with E-state index in [4.69, 9.17) is 0 Å². The maximum atomic E-state index is 12.4. The molecule has 1 aliphatic rings. The number of hydrogen-bond acceptors (Lipinski definition) is 3. The van der Waals surface area contributed by atoms with Crippen molar-refractivity contribution in [2.24, 2.45) is 5.41 Å². The molecule has 0 aliphatic carbocycles. The number of hydrogen-bond donors (Lipinski definition) is 2. The van der Waals surface area contributed by atoms with Crippen molar-refractivity contribution >= 4 is 17.7 Å². The van der Waals surface area contributed by atoms with E-state index >= 15 is 0 Å². The molecule has 3 amide bonds. The molecular weight excluding hydrogens is 258 g/mol. The van der Waals surface area contributed by atoms with Crippen molar-refractivity contribution < 1.29 is 14.4 Å². The molecule has 0 bridgehead atoms. The van der Waals surface area contributed by atoms with Gasteiger partial charge in [-0.25, -0.2) is 0 Å². The molecule has 2 N–H and O–H groups in total. The number of rotatable bonds is 3. The third-order valence-electron chi connectivity index (χ3n) is 3.80. The number of carbonyl (C=O) groups is 3. The zero-order chi connectivity index (χ0) is 15.7. The van der Waals surface area contributed by atoms with Crippen LogP contribution in [0.2, 0.25) is 0 Å². The van der Waals surface area contributed by atoms with Gasteiger partial charge in [-0.2, -0.15) is 0 Å². The normalized spacial score (nSPS) is 23.6. The SMILES string of the molecule is CNC(=O)C1(C)CCN1C(=O)[C@H](C)NC(=O)C(C)(C)C. The van der Waals surface area contributed by atoms with E-state index in [0.717, 1.165) is 0 Å². The van der Waals surface area contributed by atoms with Gasteiger partial charge in [-0.3, -0.25) is 14.4 Å². The zero-order valence-electron chi connectivity index (χ0n) is 13.2. The zero-order valence-corrected chi connectivity index (χ0v) is 13.2. The summed E-state index contributed by atoms with van der Waals surface area (Å²) >= 11 is 0. The van der Waals surface area contributed by atoms with Gasteiger partial charge in [0.1, 0.15) is 11.6 Å². The van der Waals surface area contributed by atoms with Gasteiger partial charge in [0.05, 0.1) is 0 Å². The summed E-state index contributed by atoms with van der Waals surface area (Å²) in [6.07, 6.45) is 0.637. The summed E-state index contributed by atoms with van der Waals surface area (Å²) in [6, 6.07) is -0.633. The van der Waals surface area contributed by atoms with Crippen LogP contribution < -0.4 is 10.6 Å². The summed E-state index contributed by atoms with van der Waals surface area (Å²) in [5, 5.41) is 5.28. The van der Waals surface area contributed by atoms with E-state index in [1.807, 2.05) is 0 Å². The highest BCUT2D eigenvalue weighted by molar-refractivity contribution is 5.96. The Bertz CT molecular complexity index is 428. The number of likely N-dealkylation sites (tertiary alicyclic amines) is 1. The van der Waals surface area contributed by atoms with Crippen LogP contribution in [0.5, 0.6) is 0 Å². The summed E-state index contributed by atoms with van der Waals surface area (Å²) in [4.78, 5) is 37.6. The molecule has 0 radical (unpaired) electrons. The summed E-state index contributed by atoms with van der Waals surface area (Å²) in [6.45, 7) is 9.30. The predicted molar refractivity (Wildman–Crippen MR) is 75.9 cm³/mol. The topological polar surface area (TPSA) is 78.5 Å². The Labute approximate surface area is 120 Å². The van der Waals surface area contributed by atoms with E-state index in [1.54, 1.807) is 41.7 Å². The first kappa shape index (κ1) is 16.5. The van der Waals surface area contributed by atoms with E-state index in [9.17, 15) is 14.4 Å². The quantitative estimate of drug-likeness (QED) is 0.780. The second-order valence-electron chi connectivity index (χ2n) is 6.54. The fraction of sp³-hybridized carbons (Fsp3) is 0.786. The first-order valence-electron chi connectivity index (χ1n) is 6.88. The predicted octanol–water partition coefficient (Wildman–Crippen LogP) is 0.274. The standard InChI is InChI=1S/C14H25N3O3/c1-9(16-11(19)13(2,3)4)10(18)17-8-7-14(17,5)12(20)15-6/h9H,7-8H2,1-6H3,(H,15,20)(H,16,19)/t9-,14?/m0/s1. The maximum Gasteiger partial charge on any atom is 0.245 e. The molecule has 6 nitrogen and oxygen atoms in total. The first-order valence-corrected chi connectivity index (χ1v) is 6.88. The van der Waals surface area contributed by atoms with E-state index in [0.29, 0.717) is 13.0 Å². The third kappa shape index (κ3) is 2.94. The molecule has 1 saturated heterocycles. The number of amides is 3. The molecule has 0 aromatic carbocycles. The van der Waals surface area contributed by atoms with Crippen molar-refractivity contribution in [3.8, 4) is 0 Å². The highest BCUT2D eigenvalue weighted by atomic mass is 16.2. The average Bonchev–Trinajstić information content (AvgIpc) is 2.33. The fourth-order valence-corrected chi connectivity index (χ4v) is 2.13. The van der Waals surface area contributed by atoms with E-state index in [2.05, 4.69) is 10.6 Å². The van der Waals surface area contributed by atoms with Crippen LogP contribution in [0.3, 0.4) is 0 Å². The van der Waals surface area contributed by atoms with Crippen molar-refractivity contribution in [3.05, 3.63) is 0 Å². The molecule has 0 aromatic heterocycles. The van der Waals surface area contributed by atoms with E-state index in [1.165, 1.54) is 4.90 Å². The number of carbonyl (C=O) groups excluding carboxylic acids is 3. The van der Waals surface area contributed by atoms with Gasteiger partial charge in [-0.1, -0.05) is 20.8 Å². The van der Waals surface area contributed by atoms with Gasteiger partial charge < -0.3 is 15.5 Å². The smallest absolute Gasteiger partial charge is 0.245 e. The van der Waals surface area contributed by atoms with Crippen LogP contribution in [0.4, 0.5) is 0 Å². The van der Waals surface area contributed by atoms with Crippen molar-refractivity contribution in [1.29, 1.82) is 0 Å². The van der Waals surface area contributed by atoms with Crippen LogP contribution in [-0.4, -0.2) is 47.8 Å². The Kier molecular flexibility index (Phi) is 4.46. The van der Waals surface area contributed by atoms with Crippen molar-refractivity contribution in [2.75, 3.05) is 13.6 Å². The van der Waals surface area contributed by atoms with Gasteiger partial charge in [0.25, 0.3) is 0 Å². The van der Waals surface area contributed by atoms with Crippen LogP contribution in [0, 0.1) is 5.41 Å². The largest absolute Gasteiger partial charge is 0.357 e. The van der Waals surface area contributed by atoms with Gasteiger partial charge in [0.2, 0.25) is 17.7 Å². The molecule has 0 spiro atoms. The molecule has 0 aromatic rings. The molecular formula is C14H25N3O3. The lowest BCUT2D eigenvalue weighted by atomic mass is 9.85. The summed E-state index contributed by atoms with van der Waals surface area (Å²) in [5.41, 5.74) is -1.35. The molecule has 2 atom stereocenters. The van der Waals surface area contributed by atoms with Crippen LogP contribution >= 0.6 is 0 Å². The molecule has 1 fully saturated rings. The molecule has 6 heteroatoms. The van der Waals surface area contributed by atoms with Gasteiger partial charge in [-0.15, -0.1) is 0 Å². The lowest BCUT2D eigenvalue weighted by Crippen LogP contribution is -2.69. The van der Waals surface area contributed by atoms with Gasteiger partial charge in [-0.05, 0) is 20.3 Å². The minimum absolute atomic E-state index is 0.175. The lowest BCUT2D eigenvalue weighted by molar-refractivity contribution is -0.159. The van der Waals surface area contributed by atoms with Crippen LogP contribution in [0.1, 0.15) is 41.0 Å². The average molecular weight is 283 g/mol. The van der Waals surface area contributed by atoms with Gasteiger partial charge in [0, 0.05) is 19.0 Å². The number of likely N-dealkylation sites (N-methyl/N-ethyl adjacent to an activating group) is 1. The second-order valence-corrected chi connectivity index (χ2v) is 6.54. The molecule has 1 rings (SSSR count). The van der Waals surface area contributed by atoms with Gasteiger partial charge >= 0.3 is 0 Å². The number of nitrogens with one attached hydrogen (secondary N) is 2. The monoisotopic (exact) mass is 283 g/mol. The van der Waals surface area contributed by atoms with Crippen molar-refractivity contribution in [3.63, 3.8) is 0 Å². The summed E-state index contributed by atoms with van der Waals surface area (Å²) in [7, 11) is 1.55. The summed E-state index contributed by atoms with van der Waals surface area (Å²) < 4.78 is 0. The Morgan fingerprint density at radius 1 is 1.25 bits per heavy atom. The fourth-order valence-electron chi connectivity index (χ4n) is 2.13. The third-order valence-corrected chi connectivity index (χ3v) is 3.80. The van der Waals surface area contributed by atoms with Crippen molar-refractivity contribution in [1.82, 2.24) is 15.5 Å². The molecule has 1 heterocycles. The molecule has 1 aliphatic heterocycles. The minimum atomic E-state index is -0.799. The van der Waals surface area contributed by atoms with Crippen LogP contribution in [0.15, 0.2) is 0 Å². The highest BCUT2D eigenvalue weighted by Gasteiger charge is 2.50. The Morgan fingerprint density at radius 2 is 1.80 bits per heavy atom. The Morgan fingerprint density at radius 3 is 2.15 bits per heavy atom. The van der Waals surface area contributed by atoms with Crippen molar-refractivity contribution in [2.45, 2.75) is 52.6 Å². The number of nitrogens with zero attached hydrogens (tertiary/aromatic N) is 1. The Balaban J connectivity index is 2.72. The van der Waals surface area contributed by atoms with E-state index in [-0.39, 0.29) is 17.7 Å². The minimum Gasteiger partial charge on any atom is -0.357 e. The first-order chi connectivity index (χ1) is 9.04. The highest BCUT2D eigenvalue weighted by Crippen LogP contribution is 2.31. The van der Waals surface area contributed by atoms with E-state index < -0.39 is 17.0 Å². The molecule has 0 saturated carbocycles. The second kappa shape index (κ2) is 5.42. The molecule has 20 heavy (non-hydrogen) atoms. The van der Waals surface area contributed by atoms with Crippen LogP contribution in [0.25, 0.3) is 0 Å². The van der Waals surface area contributed by atoms with Gasteiger partial charge in [0.15, 0.2) is 0 Å². The molecule has 1 unspecified atom stereocenters. The van der Waals surface area contributed by atoms with Crippen LogP contribution in [-0.2, 0) is 14.4 Å². The Hall–Kier alpha value is -1.59. The summed E-state index contributed by atoms with van der Waals surface area (Å²) in [5.74, 6) is -0.577. The maximum absolute atomic E-state index is 12.4. The lowest BCUT2D eigenvalue weighted by Gasteiger charge is -2.49.